The van der Waals surface area contributed by atoms with E-state index in [-0.39, 0.29) is 17.5 Å². The molecule has 2 heterocycles. The van der Waals surface area contributed by atoms with Crippen LogP contribution in [-0.2, 0) is 17.5 Å². The van der Waals surface area contributed by atoms with Crippen molar-refractivity contribution in [1.82, 2.24) is 15.3 Å². The van der Waals surface area contributed by atoms with Crippen LogP contribution >= 0.6 is 11.8 Å². The van der Waals surface area contributed by atoms with E-state index in [1.807, 2.05) is 0 Å². The number of hydrogen-bond acceptors (Lipinski definition) is 5. The molecule has 0 aromatic carbocycles. The second-order valence-corrected chi connectivity index (χ2v) is 5.04. The molecule has 0 atom stereocenters. The first-order valence-electron chi connectivity index (χ1n) is 5.95. The number of aromatic nitrogens is 2. The molecule has 1 amide bonds. The SMILES string of the molecule is O=C(CSc1nc(C(F)(F)F)cc(=O)[nH]1)NCc1ccco1. The summed E-state index contributed by atoms with van der Waals surface area (Å²) in [7, 11) is 0. The number of halogens is 3. The third-order valence-electron chi connectivity index (χ3n) is 2.39. The molecule has 0 aliphatic carbocycles. The third-order valence-corrected chi connectivity index (χ3v) is 3.26. The maximum atomic E-state index is 12.5. The first-order chi connectivity index (χ1) is 10.3. The maximum Gasteiger partial charge on any atom is 0.433 e. The van der Waals surface area contributed by atoms with Crippen molar-refractivity contribution in [3.05, 3.63) is 46.3 Å². The molecule has 118 valence electrons. The molecule has 0 unspecified atom stereocenters. The van der Waals surface area contributed by atoms with Gasteiger partial charge in [0.1, 0.15) is 5.76 Å². The monoisotopic (exact) mass is 333 g/mol. The highest BCUT2D eigenvalue weighted by molar-refractivity contribution is 7.99. The zero-order chi connectivity index (χ0) is 16.2. The number of nitrogens with one attached hydrogen (secondary N) is 2. The molecule has 2 rings (SSSR count). The Bertz CT molecular complexity index is 698. The highest BCUT2D eigenvalue weighted by Crippen LogP contribution is 2.27. The Kier molecular flexibility index (Phi) is 4.91. The summed E-state index contributed by atoms with van der Waals surface area (Å²) in [5.74, 6) is -0.0734. The van der Waals surface area contributed by atoms with Gasteiger partial charge in [0.25, 0.3) is 5.56 Å². The quantitative estimate of drug-likeness (QED) is 0.643. The topological polar surface area (TPSA) is 88.0 Å². The van der Waals surface area contributed by atoms with Gasteiger partial charge < -0.3 is 14.7 Å². The molecule has 10 heteroatoms. The van der Waals surface area contributed by atoms with E-state index in [1.165, 1.54) is 6.26 Å². The van der Waals surface area contributed by atoms with Crippen LogP contribution in [0.5, 0.6) is 0 Å². The third kappa shape index (κ3) is 4.65. The summed E-state index contributed by atoms with van der Waals surface area (Å²) < 4.78 is 42.5. The number of H-pyrrole nitrogens is 1. The highest BCUT2D eigenvalue weighted by Gasteiger charge is 2.33. The molecular formula is C12H10F3N3O3S. The average molecular weight is 333 g/mol. The Morgan fingerprint density at radius 2 is 2.23 bits per heavy atom. The average Bonchev–Trinajstić information content (AvgIpc) is 2.94. The molecule has 2 aromatic heterocycles. The smallest absolute Gasteiger partial charge is 0.433 e. The summed E-state index contributed by atoms with van der Waals surface area (Å²) in [4.78, 5) is 28.1. The molecule has 0 aliphatic rings. The van der Waals surface area contributed by atoms with Gasteiger partial charge in [0.05, 0.1) is 18.6 Å². The zero-order valence-corrected chi connectivity index (χ0v) is 11.8. The van der Waals surface area contributed by atoms with Crippen LogP contribution < -0.4 is 10.9 Å². The van der Waals surface area contributed by atoms with Gasteiger partial charge in [-0.05, 0) is 12.1 Å². The Labute approximate surface area is 126 Å². The molecule has 2 aromatic rings. The van der Waals surface area contributed by atoms with Crippen molar-refractivity contribution in [3.8, 4) is 0 Å². The molecule has 0 saturated heterocycles. The Hall–Kier alpha value is -2.23. The van der Waals surface area contributed by atoms with Crippen molar-refractivity contribution in [1.29, 1.82) is 0 Å². The number of hydrogen-bond donors (Lipinski definition) is 2. The fourth-order valence-corrected chi connectivity index (χ4v) is 2.14. The van der Waals surface area contributed by atoms with Gasteiger partial charge in [0.15, 0.2) is 10.9 Å². The molecule has 0 fully saturated rings. The van der Waals surface area contributed by atoms with Crippen molar-refractivity contribution in [2.24, 2.45) is 0 Å². The molecule has 0 spiro atoms. The van der Waals surface area contributed by atoms with Gasteiger partial charge in [-0.15, -0.1) is 0 Å². The number of carbonyl (C=O) groups is 1. The maximum absolute atomic E-state index is 12.5. The van der Waals surface area contributed by atoms with Crippen molar-refractivity contribution < 1.29 is 22.4 Å². The van der Waals surface area contributed by atoms with Crippen molar-refractivity contribution in [2.45, 2.75) is 17.9 Å². The standard InChI is InChI=1S/C12H10F3N3O3S/c13-12(14,15)8-4-9(19)18-11(17-8)22-6-10(20)16-5-7-2-1-3-21-7/h1-4H,5-6H2,(H,16,20)(H,17,18,19). The minimum atomic E-state index is -4.72. The van der Waals surface area contributed by atoms with Gasteiger partial charge in [-0.1, -0.05) is 11.8 Å². The molecule has 2 N–H and O–H groups in total. The van der Waals surface area contributed by atoms with E-state index >= 15 is 0 Å². The van der Waals surface area contributed by atoms with Crippen LogP contribution in [0.15, 0.2) is 38.8 Å². The Balaban J connectivity index is 1.92. The first kappa shape index (κ1) is 16.1. The van der Waals surface area contributed by atoms with E-state index in [0.717, 1.165) is 0 Å². The van der Waals surface area contributed by atoms with Gasteiger partial charge in [-0.3, -0.25) is 9.59 Å². The van der Waals surface area contributed by atoms with Crippen LogP contribution in [0.3, 0.4) is 0 Å². The largest absolute Gasteiger partial charge is 0.467 e. The van der Waals surface area contributed by atoms with Gasteiger partial charge >= 0.3 is 6.18 Å². The first-order valence-corrected chi connectivity index (χ1v) is 6.93. The van der Waals surface area contributed by atoms with E-state index < -0.39 is 23.3 Å². The van der Waals surface area contributed by atoms with E-state index in [0.29, 0.717) is 23.6 Å². The second-order valence-electron chi connectivity index (χ2n) is 4.08. The molecule has 0 aliphatic heterocycles. The summed E-state index contributed by atoms with van der Waals surface area (Å²) in [6.45, 7) is 0.166. The lowest BCUT2D eigenvalue weighted by Gasteiger charge is -2.07. The number of carbonyl (C=O) groups excluding carboxylic acids is 1. The number of furan rings is 1. The van der Waals surface area contributed by atoms with Crippen LogP contribution in [0.1, 0.15) is 11.5 Å². The number of aromatic amines is 1. The van der Waals surface area contributed by atoms with E-state index in [9.17, 15) is 22.8 Å². The number of alkyl halides is 3. The van der Waals surface area contributed by atoms with Crippen LogP contribution in [0.2, 0.25) is 0 Å². The number of thioether (sulfide) groups is 1. The highest BCUT2D eigenvalue weighted by atomic mass is 32.2. The lowest BCUT2D eigenvalue weighted by Crippen LogP contribution is -2.25. The predicted molar refractivity (Wildman–Crippen MR) is 71.1 cm³/mol. The van der Waals surface area contributed by atoms with Crippen molar-refractivity contribution in [2.75, 3.05) is 5.75 Å². The Morgan fingerprint density at radius 1 is 1.45 bits per heavy atom. The second kappa shape index (κ2) is 6.69. The van der Waals surface area contributed by atoms with Gasteiger partial charge in [-0.25, -0.2) is 4.98 Å². The molecule has 6 nitrogen and oxygen atoms in total. The normalized spacial score (nSPS) is 11.4. The van der Waals surface area contributed by atoms with Crippen LogP contribution in [-0.4, -0.2) is 21.6 Å². The zero-order valence-electron chi connectivity index (χ0n) is 10.9. The number of rotatable bonds is 5. The molecule has 22 heavy (non-hydrogen) atoms. The van der Waals surface area contributed by atoms with Gasteiger partial charge in [0, 0.05) is 6.07 Å². The lowest BCUT2D eigenvalue weighted by molar-refractivity contribution is -0.141. The molecule has 0 radical (unpaired) electrons. The van der Waals surface area contributed by atoms with Crippen molar-refractivity contribution in [3.63, 3.8) is 0 Å². The van der Waals surface area contributed by atoms with Crippen LogP contribution in [0.4, 0.5) is 13.2 Å². The summed E-state index contributed by atoms with van der Waals surface area (Å²) in [6.07, 6.45) is -3.27. The fourth-order valence-electron chi connectivity index (χ4n) is 1.43. The summed E-state index contributed by atoms with van der Waals surface area (Å²) in [5, 5.41) is 2.25. The van der Waals surface area contributed by atoms with E-state index in [2.05, 4.69) is 15.3 Å². The van der Waals surface area contributed by atoms with Crippen LogP contribution in [0.25, 0.3) is 0 Å². The van der Waals surface area contributed by atoms with Crippen LogP contribution in [0, 0.1) is 0 Å². The fraction of sp³-hybridized carbons (Fsp3) is 0.250. The minimum absolute atomic E-state index is 0.166. The molecule has 0 bridgehead atoms. The van der Waals surface area contributed by atoms with Crippen molar-refractivity contribution >= 4 is 17.7 Å². The lowest BCUT2D eigenvalue weighted by atomic mass is 10.4. The van der Waals surface area contributed by atoms with Gasteiger partial charge in [-0.2, -0.15) is 13.2 Å². The predicted octanol–water partition coefficient (Wildman–Crippen LogP) is 1.79. The Morgan fingerprint density at radius 3 is 2.86 bits per heavy atom. The number of nitrogens with zero attached hydrogens (tertiary/aromatic N) is 1. The molecular weight excluding hydrogens is 323 g/mol. The summed E-state index contributed by atoms with van der Waals surface area (Å²) >= 11 is 0.701. The minimum Gasteiger partial charge on any atom is -0.467 e. The summed E-state index contributed by atoms with van der Waals surface area (Å²) in [6, 6.07) is 3.69. The van der Waals surface area contributed by atoms with E-state index in [1.54, 1.807) is 12.1 Å². The number of amides is 1. The summed E-state index contributed by atoms with van der Waals surface area (Å²) in [5.41, 5.74) is -2.23. The van der Waals surface area contributed by atoms with E-state index in [4.69, 9.17) is 4.42 Å². The molecule has 0 saturated carbocycles. The van der Waals surface area contributed by atoms with Gasteiger partial charge in [0.2, 0.25) is 5.91 Å².